The summed E-state index contributed by atoms with van der Waals surface area (Å²) in [6.45, 7) is -0.227. The van der Waals surface area contributed by atoms with E-state index in [1.807, 2.05) is 30.3 Å². The third-order valence-corrected chi connectivity index (χ3v) is 4.77. The van der Waals surface area contributed by atoms with E-state index >= 15 is 0 Å². The van der Waals surface area contributed by atoms with Crippen LogP contribution < -0.4 is 5.32 Å². The van der Waals surface area contributed by atoms with Crippen LogP contribution >= 0.6 is 0 Å². The number of morpholine rings is 1. The van der Waals surface area contributed by atoms with Gasteiger partial charge < -0.3 is 19.9 Å². The SMILES string of the molecule is O=C(OC1C[C@@H]2N[C@H](C1)[C@H]1O[C@@H]12)[C@H](CO)c1ccccc1. The number of hydrogen-bond donors (Lipinski definition) is 2. The number of piperidine rings is 1. The normalized spacial score (nSPS) is 37.7. The number of ether oxygens (including phenoxy) is 2. The van der Waals surface area contributed by atoms with Crippen molar-refractivity contribution >= 4 is 5.97 Å². The highest BCUT2D eigenvalue weighted by molar-refractivity contribution is 5.78. The van der Waals surface area contributed by atoms with E-state index in [-0.39, 0.29) is 18.7 Å². The number of epoxide rings is 1. The van der Waals surface area contributed by atoms with Gasteiger partial charge >= 0.3 is 5.97 Å². The number of esters is 1. The second-order valence-electron chi connectivity index (χ2n) is 6.12. The molecule has 5 heteroatoms. The second kappa shape index (κ2) is 5.09. The molecule has 3 aliphatic rings. The minimum Gasteiger partial charge on any atom is -0.462 e. The number of aliphatic hydroxyl groups excluding tert-OH is 1. The third kappa shape index (κ3) is 2.35. The lowest BCUT2D eigenvalue weighted by molar-refractivity contribution is -0.154. The quantitative estimate of drug-likeness (QED) is 0.626. The first-order chi connectivity index (χ1) is 10.3. The summed E-state index contributed by atoms with van der Waals surface area (Å²) in [6, 6.07) is 9.93. The maximum Gasteiger partial charge on any atom is 0.316 e. The maximum atomic E-state index is 12.3. The van der Waals surface area contributed by atoms with E-state index in [1.54, 1.807) is 0 Å². The lowest BCUT2D eigenvalue weighted by Gasteiger charge is -2.31. The van der Waals surface area contributed by atoms with Gasteiger partial charge in [0, 0.05) is 24.9 Å². The Morgan fingerprint density at radius 3 is 2.57 bits per heavy atom. The minimum absolute atomic E-state index is 0.0667. The Balaban J connectivity index is 1.41. The standard InChI is InChI=1S/C16H19NO4/c18-8-11(9-4-2-1-3-5-9)16(19)20-10-6-12-14-15(21-14)13(7-10)17-12/h1-5,10-15,17-18H,6-8H2/t10?,11-,12-,13+,14-,15-/m1/s1. The van der Waals surface area contributed by atoms with E-state index in [0.29, 0.717) is 24.3 Å². The largest absolute Gasteiger partial charge is 0.462 e. The summed E-state index contributed by atoms with van der Waals surface area (Å²) < 4.78 is 11.2. The molecule has 0 saturated carbocycles. The highest BCUT2D eigenvalue weighted by Gasteiger charge is 2.59. The Labute approximate surface area is 123 Å². The molecule has 3 saturated heterocycles. The summed E-state index contributed by atoms with van der Waals surface area (Å²) in [5.41, 5.74) is 0.799. The highest BCUT2D eigenvalue weighted by Crippen LogP contribution is 2.42. The van der Waals surface area contributed by atoms with Crippen molar-refractivity contribution in [1.82, 2.24) is 5.32 Å². The molecule has 4 rings (SSSR count). The summed E-state index contributed by atoms with van der Waals surface area (Å²) >= 11 is 0. The van der Waals surface area contributed by atoms with E-state index in [0.717, 1.165) is 18.4 Å². The third-order valence-electron chi connectivity index (χ3n) is 4.77. The van der Waals surface area contributed by atoms with Crippen LogP contribution in [0.5, 0.6) is 0 Å². The Bertz CT molecular complexity index is 518. The van der Waals surface area contributed by atoms with E-state index in [1.165, 1.54) is 0 Å². The molecule has 0 amide bonds. The van der Waals surface area contributed by atoms with Crippen LogP contribution in [-0.2, 0) is 14.3 Å². The van der Waals surface area contributed by atoms with Crippen molar-refractivity contribution in [1.29, 1.82) is 0 Å². The van der Waals surface area contributed by atoms with Crippen LogP contribution in [0.25, 0.3) is 0 Å². The first-order valence-electron chi connectivity index (χ1n) is 7.54. The molecule has 3 fully saturated rings. The number of carbonyl (C=O) groups excluding carboxylic acids is 1. The second-order valence-corrected chi connectivity index (χ2v) is 6.12. The molecule has 6 atom stereocenters. The average molecular weight is 289 g/mol. The van der Waals surface area contributed by atoms with Gasteiger partial charge in [-0.25, -0.2) is 0 Å². The van der Waals surface area contributed by atoms with Gasteiger partial charge in [0.15, 0.2) is 0 Å². The van der Waals surface area contributed by atoms with Crippen molar-refractivity contribution in [2.24, 2.45) is 0 Å². The monoisotopic (exact) mass is 289 g/mol. The number of fused-ring (bicyclic) bond motifs is 5. The maximum absolute atomic E-state index is 12.3. The number of benzene rings is 1. The van der Waals surface area contributed by atoms with E-state index in [9.17, 15) is 9.90 Å². The van der Waals surface area contributed by atoms with E-state index in [4.69, 9.17) is 9.47 Å². The Hall–Kier alpha value is -1.43. The predicted molar refractivity (Wildman–Crippen MR) is 74.8 cm³/mol. The highest BCUT2D eigenvalue weighted by atomic mass is 16.6. The number of carbonyl (C=O) groups is 1. The van der Waals surface area contributed by atoms with Crippen LogP contribution in [0.2, 0.25) is 0 Å². The van der Waals surface area contributed by atoms with E-state index < -0.39 is 5.92 Å². The number of nitrogens with one attached hydrogen (secondary N) is 1. The average Bonchev–Trinajstić information content (AvgIpc) is 3.25. The van der Waals surface area contributed by atoms with Gasteiger partial charge in [0.1, 0.15) is 24.2 Å². The molecule has 5 nitrogen and oxygen atoms in total. The zero-order valence-electron chi connectivity index (χ0n) is 11.6. The van der Waals surface area contributed by atoms with Gasteiger partial charge in [-0.05, 0) is 5.56 Å². The van der Waals surface area contributed by atoms with Crippen molar-refractivity contribution in [2.45, 2.75) is 49.2 Å². The van der Waals surface area contributed by atoms with Crippen molar-refractivity contribution in [3.05, 3.63) is 35.9 Å². The zero-order chi connectivity index (χ0) is 14.4. The van der Waals surface area contributed by atoms with E-state index in [2.05, 4.69) is 5.32 Å². The topological polar surface area (TPSA) is 71.1 Å². The molecule has 2 N–H and O–H groups in total. The molecule has 1 unspecified atom stereocenters. The molecule has 0 aromatic heterocycles. The summed E-state index contributed by atoms with van der Waals surface area (Å²) in [6.07, 6.45) is 2.18. The lowest BCUT2D eigenvalue weighted by Crippen LogP contribution is -2.47. The van der Waals surface area contributed by atoms with Gasteiger partial charge in [0.2, 0.25) is 0 Å². The first kappa shape index (κ1) is 13.2. The summed E-state index contributed by atoms with van der Waals surface area (Å²) in [4.78, 5) is 12.3. The predicted octanol–water partition coefficient (Wildman–Crippen LogP) is 0.576. The molecule has 1 aromatic rings. The fourth-order valence-corrected chi connectivity index (χ4v) is 3.66. The van der Waals surface area contributed by atoms with Crippen molar-refractivity contribution < 1.29 is 19.4 Å². The van der Waals surface area contributed by atoms with Crippen LogP contribution in [0.1, 0.15) is 24.3 Å². The Kier molecular flexibility index (Phi) is 3.21. The summed E-state index contributed by atoms with van der Waals surface area (Å²) in [7, 11) is 0. The zero-order valence-corrected chi connectivity index (χ0v) is 11.6. The van der Waals surface area contributed by atoms with Crippen molar-refractivity contribution in [3.63, 3.8) is 0 Å². The van der Waals surface area contributed by atoms with Gasteiger partial charge in [-0.3, -0.25) is 4.79 Å². The van der Waals surface area contributed by atoms with Crippen molar-refractivity contribution in [3.8, 4) is 0 Å². The van der Waals surface area contributed by atoms with Crippen LogP contribution in [-0.4, -0.2) is 48.1 Å². The molecule has 0 spiro atoms. The fraction of sp³-hybridized carbons (Fsp3) is 0.562. The fourth-order valence-electron chi connectivity index (χ4n) is 3.66. The van der Waals surface area contributed by atoms with Gasteiger partial charge in [-0.2, -0.15) is 0 Å². The summed E-state index contributed by atoms with van der Waals surface area (Å²) in [5, 5.41) is 13.0. The van der Waals surface area contributed by atoms with Gasteiger partial charge in [-0.1, -0.05) is 30.3 Å². The Morgan fingerprint density at radius 2 is 1.95 bits per heavy atom. The number of aliphatic hydroxyl groups is 1. The minimum atomic E-state index is -0.593. The van der Waals surface area contributed by atoms with Gasteiger partial charge in [0.05, 0.1) is 6.61 Å². The van der Waals surface area contributed by atoms with Gasteiger partial charge in [0.25, 0.3) is 0 Å². The molecule has 3 heterocycles. The molecule has 3 aliphatic heterocycles. The molecule has 112 valence electrons. The first-order valence-corrected chi connectivity index (χ1v) is 7.54. The van der Waals surface area contributed by atoms with Crippen LogP contribution in [0, 0.1) is 0 Å². The van der Waals surface area contributed by atoms with Crippen LogP contribution in [0.4, 0.5) is 0 Å². The smallest absolute Gasteiger partial charge is 0.316 e. The summed E-state index contributed by atoms with van der Waals surface area (Å²) in [5.74, 6) is -0.922. The molecular formula is C16H19NO4. The number of rotatable bonds is 4. The molecular weight excluding hydrogens is 270 g/mol. The number of hydrogen-bond acceptors (Lipinski definition) is 5. The molecule has 0 aliphatic carbocycles. The molecule has 21 heavy (non-hydrogen) atoms. The molecule has 0 radical (unpaired) electrons. The van der Waals surface area contributed by atoms with Crippen LogP contribution in [0.3, 0.4) is 0 Å². The van der Waals surface area contributed by atoms with Crippen molar-refractivity contribution in [2.75, 3.05) is 6.61 Å². The molecule has 1 aromatic carbocycles. The Morgan fingerprint density at radius 1 is 1.29 bits per heavy atom. The molecule has 2 bridgehead atoms. The van der Waals surface area contributed by atoms with Gasteiger partial charge in [-0.15, -0.1) is 0 Å². The lowest BCUT2D eigenvalue weighted by atomic mass is 9.98. The van der Waals surface area contributed by atoms with Crippen LogP contribution in [0.15, 0.2) is 30.3 Å².